The van der Waals surface area contributed by atoms with Crippen LogP contribution in [0.1, 0.15) is 5.56 Å². The Labute approximate surface area is 231 Å². The van der Waals surface area contributed by atoms with Crippen LogP contribution in [0.2, 0.25) is 0 Å². The Morgan fingerprint density at radius 3 is 2.35 bits per heavy atom. The molecule has 0 spiro atoms. The van der Waals surface area contributed by atoms with Crippen molar-refractivity contribution in [3.63, 3.8) is 0 Å². The zero-order chi connectivity index (χ0) is 27.6. The summed E-state index contributed by atoms with van der Waals surface area (Å²) in [5, 5.41) is 5.28. The van der Waals surface area contributed by atoms with Gasteiger partial charge >= 0.3 is 0 Å². The predicted octanol–water partition coefficient (Wildman–Crippen LogP) is 4.54. The first-order valence-electron chi connectivity index (χ1n) is 13.1. The lowest BCUT2D eigenvalue weighted by Crippen LogP contribution is -2.46. The molecule has 1 aliphatic heterocycles. The van der Waals surface area contributed by atoms with Crippen LogP contribution in [0.3, 0.4) is 0 Å². The minimum absolute atomic E-state index is 0.324. The van der Waals surface area contributed by atoms with Gasteiger partial charge in [0.1, 0.15) is 11.6 Å². The molecule has 0 bridgehead atoms. The summed E-state index contributed by atoms with van der Waals surface area (Å²) in [6.07, 6.45) is 0. The molecule has 0 unspecified atom stereocenters. The summed E-state index contributed by atoms with van der Waals surface area (Å²) in [7, 11) is 3.19. The molecule has 1 saturated heterocycles. The van der Waals surface area contributed by atoms with Crippen molar-refractivity contribution < 1.29 is 13.9 Å². The number of nitrogens with zero attached hydrogens (tertiary/aromatic N) is 6. The molecule has 0 aliphatic carbocycles. The average Bonchev–Trinajstić information content (AvgIpc) is 3.33. The van der Waals surface area contributed by atoms with Gasteiger partial charge in [0, 0.05) is 38.3 Å². The van der Waals surface area contributed by atoms with Gasteiger partial charge in [-0.2, -0.15) is 4.98 Å². The molecule has 2 N–H and O–H groups in total. The van der Waals surface area contributed by atoms with Crippen molar-refractivity contribution in [1.82, 2.24) is 24.6 Å². The highest BCUT2D eigenvalue weighted by atomic mass is 19.1. The van der Waals surface area contributed by atoms with Crippen LogP contribution in [0.4, 0.5) is 16.2 Å². The molecule has 3 heterocycles. The largest absolute Gasteiger partial charge is 0.493 e. The molecular weight excluding hydrogens is 509 g/mol. The molecule has 0 saturated carbocycles. The van der Waals surface area contributed by atoms with E-state index in [4.69, 9.17) is 30.3 Å². The number of piperazine rings is 1. The predicted molar refractivity (Wildman–Crippen MR) is 154 cm³/mol. The molecule has 10 heteroatoms. The fourth-order valence-corrected chi connectivity index (χ4v) is 5.09. The van der Waals surface area contributed by atoms with Crippen LogP contribution in [0.5, 0.6) is 11.5 Å². The van der Waals surface area contributed by atoms with E-state index in [0.717, 1.165) is 38.3 Å². The molecule has 2 aromatic heterocycles. The third-order valence-electron chi connectivity index (χ3n) is 7.17. The summed E-state index contributed by atoms with van der Waals surface area (Å²) in [5.74, 6) is 1.69. The van der Waals surface area contributed by atoms with Gasteiger partial charge < -0.3 is 20.1 Å². The molecule has 0 amide bonds. The minimum atomic E-state index is -0.378. The van der Waals surface area contributed by atoms with E-state index in [1.54, 1.807) is 26.4 Å². The summed E-state index contributed by atoms with van der Waals surface area (Å²) >= 11 is 0. The first kappa shape index (κ1) is 25.6. The van der Waals surface area contributed by atoms with Crippen molar-refractivity contribution in [2.24, 2.45) is 0 Å². The second-order valence-electron chi connectivity index (χ2n) is 9.67. The molecule has 5 aromatic rings. The van der Waals surface area contributed by atoms with E-state index in [0.29, 0.717) is 45.7 Å². The van der Waals surface area contributed by atoms with Crippen LogP contribution >= 0.6 is 0 Å². The van der Waals surface area contributed by atoms with Crippen LogP contribution in [-0.2, 0) is 6.54 Å². The van der Waals surface area contributed by atoms with Gasteiger partial charge in [0.2, 0.25) is 5.95 Å². The van der Waals surface area contributed by atoms with Crippen LogP contribution in [0.15, 0.2) is 72.8 Å². The molecular formula is C30H30FN7O2. The minimum Gasteiger partial charge on any atom is -0.493 e. The maximum Gasteiger partial charge on any atom is 0.228 e. The van der Waals surface area contributed by atoms with Crippen molar-refractivity contribution in [1.29, 1.82) is 0 Å². The Hall–Kier alpha value is -4.70. The molecule has 9 nitrogen and oxygen atoms in total. The molecule has 0 atom stereocenters. The number of benzene rings is 3. The Kier molecular flexibility index (Phi) is 6.91. The number of aromatic nitrogens is 4. The first-order chi connectivity index (χ1) is 19.5. The highest BCUT2D eigenvalue weighted by molar-refractivity contribution is 5.99. The van der Waals surface area contributed by atoms with Crippen molar-refractivity contribution in [2.45, 2.75) is 6.54 Å². The Balaban J connectivity index is 1.40. The highest BCUT2D eigenvalue weighted by Crippen LogP contribution is 2.37. The summed E-state index contributed by atoms with van der Waals surface area (Å²) < 4.78 is 26.6. The van der Waals surface area contributed by atoms with Gasteiger partial charge in [-0.15, -0.1) is 5.10 Å². The summed E-state index contributed by atoms with van der Waals surface area (Å²) in [4.78, 5) is 14.4. The average molecular weight is 540 g/mol. The first-order valence-corrected chi connectivity index (χ1v) is 13.1. The number of halogens is 1. The number of methoxy groups -OCH3 is 2. The van der Waals surface area contributed by atoms with Gasteiger partial charge in [-0.05, 0) is 42.0 Å². The number of hydrogen-bond donors (Lipinski definition) is 1. The Bertz CT molecular complexity index is 1650. The lowest BCUT2D eigenvalue weighted by Gasteiger charge is -2.34. The number of fused-ring (bicyclic) bond motifs is 1. The van der Waals surface area contributed by atoms with Gasteiger partial charge in [0.15, 0.2) is 17.1 Å². The van der Waals surface area contributed by atoms with Gasteiger partial charge in [0.05, 0.1) is 31.0 Å². The number of nitrogen functional groups attached to an aromatic ring is 1. The molecule has 1 aliphatic rings. The van der Waals surface area contributed by atoms with Crippen molar-refractivity contribution in [3.8, 4) is 28.4 Å². The fourth-order valence-electron chi connectivity index (χ4n) is 5.09. The quantitative estimate of drug-likeness (QED) is 0.322. The zero-order valence-electron chi connectivity index (χ0n) is 22.4. The van der Waals surface area contributed by atoms with E-state index in [1.165, 1.54) is 22.4 Å². The van der Waals surface area contributed by atoms with Crippen molar-refractivity contribution in [2.75, 3.05) is 51.0 Å². The Morgan fingerprint density at radius 1 is 0.850 bits per heavy atom. The van der Waals surface area contributed by atoms with Crippen LogP contribution in [0, 0.1) is 5.82 Å². The number of nitrogens with two attached hydrogens (primary N) is 1. The van der Waals surface area contributed by atoms with Crippen LogP contribution in [-0.4, -0.2) is 65.0 Å². The summed E-state index contributed by atoms with van der Waals surface area (Å²) in [5.41, 5.74) is 10.3. The molecule has 0 radical (unpaired) electrons. The third-order valence-corrected chi connectivity index (χ3v) is 7.17. The van der Waals surface area contributed by atoms with Crippen molar-refractivity contribution >= 4 is 22.8 Å². The molecule has 204 valence electrons. The zero-order valence-corrected chi connectivity index (χ0v) is 22.4. The van der Waals surface area contributed by atoms with E-state index in [1.807, 2.05) is 24.3 Å². The maximum absolute atomic E-state index is 14.1. The van der Waals surface area contributed by atoms with Gasteiger partial charge in [-0.25, -0.2) is 14.1 Å². The van der Waals surface area contributed by atoms with E-state index in [2.05, 4.69) is 34.1 Å². The SMILES string of the molecule is COc1ccc(-c2nc(N3CCN(Cc4ccccc4)CC3)nc3nn(-c4cccc(F)c4)c(N)c23)cc1OC. The van der Waals surface area contributed by atoms with E-state index < -0.39 is 0 Å². The monoisotopic (exact) mass is 539 g/mol. The Morgan fingerprint density at radius 2 is 1.62 bits per heavy atom. The summed E-state index contributed by atoms with van der Waals surface area (Å²) in [6, 6.07) is 22.2. The number of hydrogen-bond acceptors (Lipinski definition) is 8. The van der Waals surface area contributed by atoms with E-state index in [-0.39, 0.29) is 5.82 Å². The summed E-state index contributed by atoms with van der Waals surface area (Å²) in [6.45, 7) is 4.19. The second kappa shape index (κ2) is 10.8. The standard InChI is InChI=1S/C30H30FN7O2/c1-39-24-12-11-21(17-25(24)40-2)27-26-28(32)38(23-10-6-9-22(31)18-23)35-29(26)34-30(33-27)37-15-13-36(14-16-37)19-20-7-4-3-5-8-20/h3-12,17-18H,13-16,19,32H2,1-2H3. The highest BCUT2D eigenvalue weighted by Gasteiger charge is 2.25. The van der Waals surface area contributed by atoms with Gasteiger partial charge in [0.25, 0.3) is 0 Å². The topological polar surface area (TPSA) is 94.6 Å². The molecule has 3 aromatic carbocycles. The normalized spacial score (nSPS) is 14.0. The maximum atomic E-state index is 14.1. The van der Waals surface area contributed by atoms with E-state index >= 15 is 0 Å². The molecule has 1 fully saturated rings. The number of ether oxygens (including phenoxy) is 2. The van der Waals surface area contributed by atoms with Crippen molar-refractivity contribution in [3.05, 3.63) is 84.2 Å². The fraction of sp³-hybridized carbons (Fsp3) is 0.233. The molecule has 40 heavy (non-hydrogen) atoms. The lowest BCUT2D eigenvalue weighted by atomic mass is 10.1. The number of rotatable bonds is 7. The van der Waals surface area contributed by atoms with Crippen LogP contribution in [0.25, 0.3) is 28.0 Å². The second-order valence-corrected chi connectivity index (χ2v) is 9.67. The smallest absolute Gasteiger partial charge is 0.228 e. The molecule has 6 rings (SSSR count). The van der Waals surface area contributed by atoms with Gasteiger partial charge in [-0.3, -0.25) is 4.90 Å². The lowest BCUT2D eigenvalue weighted by molar-refractivity contribution is 0.249. The van der Waals surface area contributed by atoms with Crippen LogP contribution < -0.4 is 20.1 Å². The van der Waals surface area contributed by atoms with Gasteiger partial charge in [-0.1, -0.05) is 36.4 Å². The van der Waals surface area contributed by atoms with E-state index in [9.17, 15) is 4.39 Å². The third kappa shape index (κ3) is 4.89. The number of anilines is 2.